The molecule has 3 rings (SSSR count). The lowest BCUT2D eigenvalue weighted by Crippen LogP contribution is -2.22. The maximum Gasteiger partial charge on any atom is 0.352 e. The number of carboxylic acids is 1. The molecule has 1 aromatic carbocycles. The van der Waals surface area contributed by atoms with E-state index in [2.05, 4.69) is 0 Å². The summed E-state index contributed by atoms with van der Waals surface area (Å²) in [6, 6.07) is 9.10. The SMILES string of the molecule is O=C(O)c1cc(Cl)cn1C1CCOc2ccccc21. The van der Waals surface area contributed by atoms with Crippen molar-refractivity contribution < 1.29 is 14.6 Å². The maximum atomic E-state index is 11.3. The average Bonchev–Trinajstić information content (AvgIpc) is 2.80. The highest BCUT2D eigenvalue weighted by atomic mass is 35.5. The second kappa shape index (κ2) is 4.63. The molecule has 0 amide bonds. The Bertz CT molecular complexity index is 635. The smallest absolute Gasteiger partial charge is 0.352 e. The first-order valence-corrected chi connectivity index (χ1v) is 6.37. The van der Waals surface area contributed by atoms with Crippen molar-refractivity contribution in [3.8, 4) is 5.75 Å². The summed E-state index contributed by atoms with van der Waals surface area (Å²) in [5.74, 6) is -0.171. The molecule has 5 heteroatoms. The minimum absolute atomic E-state index is 0.0523. The molecule has 0 radical (unpaired) electrons. The van der Waals surface area contributed by atoms with Crippen molar-refractivity contribution in [2.75, 3.05) is 6.61 Å². The number of rotatable bonds is 2. The molecule has 2 aromatic rings. The van der Waals surface area contributed by atoms with Crippen molar-refractivity contribution in [1.82, 2.24) is 4.57 Å². The normalized spacial score (nSPS) is 17.6. The first-order valence-electron chi connectivity index (χ1n) is 5.99. The highest BCUT2D eigenvalue weighted by molar-refractivity contribution is 6.30. The van der Waals surface area contributed by atoms with E-state index in [9.17, 15) is 9.90 Å². The van der Waals surface area contributed by atoms with E-state index in [0.29, 0.717) is 11.6 Å². The Kier molecular flexibility index (Phi) is 2.95. The molecule has 4 nitrogen and oxygen atoms in total. The molecule has 1 aliphatic heterocycles. The van der Waals surface area contributed by atoms with Crippen LogP contribution in [0.4, 0.5) is 0 Å². The van der Waals surface area contributed by atoms with E-state index in [4.69, 9.17) is 16.3 Å². The van der Waals surface area contributed by atoms with E-state index >= 15 is 0 Å². The van der Waals surface area contributed by atoms with Gasteiger partial charge in [0.05, 0.1) is 17.7 Å². The van der Waals surface area contributed by atoms with Crippen LogP contribution < -0.4 is 4.74 Å². The predicted molar refractivity (Wildman–Crippen MR) is 71.1 cm³/mol. The number of halogens is 1. The van der Waals surface area contributed by atoms with Gasteiger partial charge in [-0.15, -0.1) is 0 Å². The fourth-order valence-electron chi connectivity index (χ4n) is 2.49. The number of carboxylic acid groups (broad SMARTS) is 1. The van der Waals surface area contributed by atoms with Crippen LogP contribution in [0.2, 0.25) is 5.02 Å². The number of hydrogen-bond donors (Lipinski definition) is 1. The molecule has 0 bridgehead atoms. The predicted octanol–water partition coefficient (Wildman–Crippen LogP) is 3.21. The summed E-state index contributed by atoms with van der Waals surface area (Å²) in [5, 5.41) is 9.68. The van der Waals surface area contributed by atoms with Gasteiger partial charge < -0.3 is 14.4 Å². The fourth-order valence-corrected chi connectivity index (χ4v) is 2.70. The molecule has 98 valence electrons. The van der Waals surface area contributed by atoms with Gasteiger partial charge in [0.2, 0.25) is 0 Å². The molecule has 0 saturated carbocycles. The van der Waals surface area contributed by atoms with E-state index in [0.717, 1.165) is 17.7 Å². The van der Waals surface area contributed by atoms with Gasteiger partial charge in [-0.1, -0.05) is 29.8 Å². The lowest BCUT2D eigenvalue weighted by molar-refractivity contribution is 0.0682. The Morgan fingerprint density at radius 2 is 2.21 bits per heavy atom. The summed E-state index contributed by atoms with van der Waals surface area (Å²) in [4.78, 5) is 11.3. The van der Waals surface area contributed by atoms with Gasteiger partial charge in [-0.05, 0) is 12.1 Å². The van der Waals surface area contributed by atoms with Crippen molar-refractivity contribution in [3.05, 3.63) is 52.8 Å². The van der Waals surface area contributed by atoms with Gasteiger partial charge in [-0.25, -0.2) is 4.79 Å². The van der Waals surface area contributed by atoms with Crippen LogP contribution in [0.1, 0.15) is 28.5 Å². The molecule has 0 aliphatic carbocycles. The molecule has 0 fully saturated rings. The molecule has 0 spiro atoms. The zero-order chi connectivity index (χ0) is 13.4. The van der Waals surface area contributed by atoms with Gasteiger partial charge >= 0.3 is 5.97 Å². The molecule has 0 saturated heterocycles. The Labute approximate surface area is 115 Å². The second-order valence-corrected chi connectivity index (χ2v) is 4.88. The van der Waals surface area contributed by atoms with Gasteiger partial charge in [0.25, 0.3) is 0 Å². The second-order valence-electron chi connectivity index (χ2n) is 4.45. The number of ether oxygens (including phenoxy) is 1. The first kappa shape index (κ1) is 12.1. The van der Waals surface area contributed by atoms with Crippen LogP contribution in [0.15, 0.2) is 36.5 Å². The summed E-state index contributed by atoms with van der Waals surface area (Å²) in [6.07, 6.45) is 2.39. The lowest BCUT2D eigenvalue weighted by atomic mass is 10.0. The third-order valence-corrected chi connectivity index (χ3v) is 3.50. The third kappa shape index (κ3) is 2.08. The molecule has 1 atom stereocenters. The third-order valence-electron chi connectivity index (χ3n) is 3.30. The lowest BCUT2D eigenvalue weighted by Gasteiger charge is -2.27. The molecule has 1 aliphatic rings. The topological polar surface area (TPSA) is 51.5 Å². The number of benzene rings is 1. The molecule has 1 unspecified atom stereocenters. The number of carbonyl (C=O) groups is 1. The molecule has 19 heavy (non-hydrogen) atoms. The number of hydrogen-bond acceptors (Lipinski definition) is 2. The summed E-state index contributed by atoms with van der Waals surface area (Å²) in [5.41, 5.74) is 1.19. The van der Waals surface area contributed by atoms with Crippen LogP contribution in [0, 0.1) is 0 Å². The van der Waals surface area contributed by atoms with Crippen LogP contribution >= 0.6 is 11.6 Å². The average molecular weight is 278 g/mol. The molecular weight excluding hydrogens is 266 g/mol. The summed E-state index contributed by atoms with van der Waals surface area (Å²) < 4.78 is 7.30. The number of aromatic carboxylic acids is 1. The van der Waals surface area contributed by atoms with Crippen molar-refractivity contribution in [2.24, 2.45) is 0 Å². The summed E-state index contributed by atoms with van der Waals surface area (Å²) in [7, 11) is 0. The van der Waals surface area contributed by atoms with Gasteiger partial charge in [0.15, 0.2) is 0 Å². The van der Waals surface area contributed by atoms with Crippen LogP contribution in [0.25, 0.3) is 0 Å². The monoisotopic (exact) mass is 277 g/mol. The number of fused-ring (bicyclic) bond motifs is 1. The van der Waals surface area contributed by atoms with Crippen LogP contribution in [0.3, 0.4) is 0 Å². The minimum atomic E-state index is -0.976. The Morgan fingerprint density at radius 3 is 3.00 bits per heavy atom. The van der Waals surface area contributed by atoms with E-state index in [1.807, 2.05) is 24.3 Å². The largest absolute Gasteiger partial charge is 0.493 e. The zero-order valence-corrected chi connectivity index (χ0v) is 10.8. The van der Waals surface area contributed by atoms with Gasteiger partial charge in [-0.3, -0.25) is 0 Å². The fraction of sp³-hybridized carbons (Fsp3) is 0.214. The quantitative estimate of drug-likeness (QED) is 0.917. The Morgan fingerprint density at radius 1 is 1.42 bits per heavy atom. The van der Waals surface area contributed by atoms with E-state index in [1.54, 1.807) is 10.8 Å². The molecular formula is C14H12ClNO3. The van der Waals surface area contributed by atoms with Crippen molar-refractivity contribution in [3.63, 3.8) is 0 Å². The van der Waals surface area contributed by atoms with Crippen LogP contribution in [-0.2, 0) is 0 Å². The maximum absolute atomic E-state index is 11.3. The van der Waals surface area contributed by atoms with Gasteiger partial charge in [0, 0.05) is 18.2 Å². The minimum Gasteiger partial charge on any atom is -0.493 e. The molecule has 1 aromatic heterocycles. The van der Waals surface area contributed by atoms with E-state index in [1.165, 1.54) is 6.07 Å². The Balaban J connectivity index is 2.11. The standard InChI is InChI=1S/C14H12ClNO3/c15-9-7-12(14(17)18)16(8-9)11-5-6-19-13-4-2-1-3-10(11)13/h1-4,7-8,11H,5-6H2,(H,17,18). The van der Waals surface area contributed by atoms with Crippen molar-refractivity contribution in [1.29, 1.82) is 0 Å². The summed E-state index contributed by atoms with van der Waals surface area (Å²) >= 11 is 5.94. The van der Waals surface area contributed by atoms with E-state index in [-0.39, 0.29) is 11.7 Å². The van der Waals surface area contributed by atoms with Crippen LogP contribution in [-0.4, -0.2) is 22.2 Å². The molecule has 1 N–H and O–H groups in total. The van der Waals surface area contributed by atoms with Crippen LogP contribution in [0.5, 0.6) is 5.75 Å². The number of aromatic nitrogens is 1. The van der Waals surface area contributed by atoms with Crippen molar-refractivity contribution in [2.45, 2.75) is 12.5 Å². The molecule has 2 heterocycles. The highest BCUT2D eigenvalue weighted by Gasteiger charge is 2.26. The number of para-hydroxylation sites is 1. The van der Waals surface area contributed by atoms with Gasteiger partial charge in [0.1, 0.15) is 11.4 Å². The Hall–Kier alpha value is -1.94. The van der Waals surface area contributed by atoms with Gasteiger partial charge in [-0.2, -0.15) is 0 Å². The first-order chi connectivity index (χ1) is 9.16. The summed E-state index contributed by atoms with van der Waals surface area (Å²) in [6.45, 7) is 0.566. The number of nitrogens with zero attached hydrogens (tertiary/aromatic N) is 1. The highest BCUT2D eigenvalue weighted by Crippen LogP contribution is 2.36. The van der Waals surface area contributed by atoms with Crippen molar-refractivity contribution >= 4 is 17.6 Å². The van der Waals surface area contributed by atoms with E-state index < -0.39 is 5.97 Å². The zero-order valence-electron chi connectivity index (χ0n) is 10.0.